The van der Waals surface area contributed by atoms with Gasteiger partial charge in [-0.15, -0.1) is 0 Å². The standard InChI is InChI=1S/C18H14O3/c19-12-17-10-11-18(21-17)15-6-8-16(9-7-15)20-13-14-4-2-1-3-5-14/h1-12H,13H2. The third-order valence-corrected chi connectivity index (χ3v) is 3.13. The van der Waals surface area contributed by atoms with Crippen molar-refractivity contribution in [2.45, 2.75) is 6.61 Å². The molecule has 0 saturated heterocycles. The van der Waals surface area contributed by atoms with Crippen molar-refractivity contribution in [2.24, 2.45) is 0 Å². The molecule has 3 rings (SSSR count). The third kappa shape index (κ3) is 3.20. The summed E-state index contributed by atoms with van der Waals surface area (Å²) in [5.74, 6) is 1.80. The van der Waals surface area contributed by atoms with E-state index in [0.717, 1.165) is 16.9 Å². The van der Waals surface area contributed by atoms with Gasteiger partial charge in [-0.2, -0.15) is 0 Å². The van der Waals surface area contributed by atoms with Crippen LogP contribution in [0.15, 0.2) is 71.1 Å². The molecule has 0 spiro atoms. The van der Waals surface area contributed by atoms with E-state index in [0.29, 0.717) is 24.4 Å². The van der Waals surface area contributed by atoms with Crippen LogP contribution in [-0.4, -0.2) is 6.29 Å². The highest BCUT2D eigenvalue weighted by molar-refractivity contribution is 5.72. The van der Waals surface area contributed by atoms with Crippen molar-refractivity contribution in [3.63, 3.8) is 0 Å². The summed E-state index contributed by atoms with van der Waals surface area (Å²) in [4.78, 5) is 10.6. The molecule has 0 aliphatic carbocycles. The van der Waals surface area contributed by atoms with Crippen LogP contribution in [0.3, 0.4) is 0 Å². The second-order valence-corrected chi connectivity index (χ2v) is 4.62. The summed E-state index contributed by atoms with van der Waals surface area (Å²) < 4.78 is 11.1. The van der Waals surface area contributed by atoms with E-state index in [1.165, 1.54) is 0 Å². The first-order chi connectivity index (χ1) is 10.3. The molecular formula is C18H14O3. The van der Waals surface area contributed by atoms with E-state index >= 15 is 0 Å². The lowest BCUT2D eigenvalue weighted by atomic mass is 10.2. The Labute approximate surface area is 122 Å². The smallest absolute Gasteiger partial charge is 0.185 e. The van der Waals surface area contributed by atoms with Crippen LogP contribution < -0.4 is 4.74 Å². The minimum Gasteiger partial charge on any atom is -0.489 e. The van der Waals surface area contributed by atoms with Gasteiger partial charge in [-0.1, -0.05) is 30.3 Å². The van der Waals surface area contributed by atoms with Crippen LogP contribution in [0.25, 0.3) is 11.3 Å². The maximum atomic E-state index is 10.6. The SMILES string of the molecule is O=Cc1ccc(-c2ccc(OCc3ccccc3)cc2)o1. The molecule has 0 atom stereocenters. The summed E-state index contributed by atoms with van der Waals surface area (Å²) in [6, 6.07) is 21.0. The number of hydrogen-bond acceptors (Lipinski definition) is 3. The molecule has 2 aromatic carbocycles. The van der Waals surface area contributed by atoms with Crippen molar-refractivity contribution in [1.82, 2.24) is 0 Å². The van der Waals surface area contributed by atoms with E-state index in [-0.39, 0.29) is 0 Å². The van der Waals surface area contributed by atoms with Crippen molar-refractivity contribution >= 4 is 6.29 Å². The Bertz CT molecular complexity index is 712. The molecule has 3 nitrogen and oxygen atoms in total. The third-order valence-electron chi connectivity index (χ3n) is 3.13. The van der Waals surface area contributed by atoms with Gasteiger partial charge in [0.05, 0.1) is 0 Å². The van der Waals surface area contributed by atoms with Gasteiger partial charge < -0.3 is 9.15 Å². The molecule has 1 aromatic heterocycles. The van der Waals surface area contributed by atoms with Gasteiger partial charge in [0.15, 0.2) is 12.0 Å². The number of hydrogen-bond donors (Lipinski definition) is 0. The predicted molar refractivity (Wildman–Crippen MR) is 80.3 cm³/mol. The van der Waals surface area contributed by atoms with E-state index in [2.05, 4.69) is 0 Å². The molecule has 21 heavy (non-hydrogen) atoms. The molecule has 0 aliphatic rings. The molecule has 104 valence electrons. The molecule has 3 heteroatoms. The monoisotopic (exact) mass is 278 g/mol. The van der Waals surface area contributed by atoms with Crippen molar-refractivity contribution < 1.29 is 13.9 Å². The highest BCUT2D eigenvalue weighted by atomic mass is 16.5. The van der Waals surface area contributed by atoms with E-state index < -0.39 is 0 Å². The average Bonchev–Trinajstić information content (AvgIpc) is 3.03. The van der Waals surface area contributed by atoms with Gasteiger partial charge in [-0.05, 0) is 42.0 Å². The van der Waals surface area contributed by atoms with E-state index in [9.17, 15) is 4.79 Å². The summed E-state index contributed by atoms with van der Waals surface area (Å²) in [7, 11) is 0. The fourth-order valence-corrected chi connectivity index (χ4v) is 2.03. The maximum absolute atomic E-state index is 10.6. The number of benzene rings is 2. The Morgan fingerprint density at radius 1 is 0.905 bits per heavy atom. The minimum absolute atomic E-state index is 0.328. The van der Waals surface area contributed by atoms with Gasteiger partial charge in [0.2, 0.25) is 0 Å². The van der Waals surface area contributed by atoms with Gasteiger partial charge in [0.25, 0.3) is 0 Å². The van der Waals surface area contributed by atoms with Crippen LogP contribution in [0.2, 0.25) is 0 Å². The lowest BCUT2D eigenvalue weighted by Crippen LogP contribution is -1.94. The first-order valence-corrected chi connectivity index (χ1v) is 6.67. The number of aldehydes is 1. The van der Waals surface area contributed by atoms with Crippen LogP contribution >= 0.6 is 0 Å². The number of carbonyl (C=O) groups is 1. The van der Waals surface area contributed by atoms with Crippen LogP contribution in [-0.2, 0) is 6.61 Å². The van der Waals surface area contributed by atoms with Gasteiger partial charge in [0.1, 0.15) is 18.1 Å². The van der Waals surface area contributed by atoms with Crippen LogP contribution in [0.1, 0.15) is 16.1 Å². The molecule has 3 aromatic rings. The Hall–Kier alpha value is -2.81. The van der Waals surface area contributed by atoms with E-state index in [4.69, 9.17) is 9.15 Å². The number of rotatable bonds is 5. The van der Waals surface area contributed by atoms with Crippen LogP contribution in [0, 0.1) is 0 Å². The summed E-state index contributed by atoms with van der Waals surface area (Å²) in [5, 5.41) is 0. The maximum Gasteiger partial charge on any atom is 0.185 e. The second kappa shape index (κ2) is 6.09. The lowest BCUT2D eigenvalue weighted by Gasteiger charge is -2.06. The molecule has 0 unspecified atom stereocenters. The Morgan fingerprint density at radius 2 is 1.67 bits per heavy atom. The molecule has 0 bridgehead atoms. The molecular weight excluding hydrogens is 264 g/mol. The highest BCUT2D eigenvalue weighted by Crippen LogP contribution is 2.24. The quantitative estimate of drug-likeness (QED) is 0.652. The van der Waals surface area contributed by atoms with E-state index in [1.54, 1.807) is 12.1 Å². The van der Waals surface area contributed by atoms with Crippen LogP contribution in [0.4, 0.5) is 0 Å². The fraction of sp³-hybridized carbons (Fsp3) is 0.0556. The van der Waals surface area contributed by atoms with Gasteiger partial charge in [-0.25, -0.2) is 0 Å². The predicted octanol–water partition coefficient (Wildman–Crippen LogP) is 4.34. The average molecular weight is 278 g/mol. The van der Waals surface area contributed by atoms with Crippen molar-refractivity contribution in [3.05, 3.63) is 78.1 Å². The Morgan fingerprint density at radius 3 is 2.33 bits per heavy atom. The molecule has 0 amide bonds. The van der Waals surface area contributed by atoms with Crippen molar-refractivity contribution in [3.8, 4) is 17.1 Å². The van der Waals surface area contributed by atoms with Crippen LogP contribution in [0.5, 0.6) is 5.75 Å². The van der Waals surface area contributed by atoms with Crippen molar-refractivity contribution in [2.75, 3.05) is 0 Å². The Balaban J connectivity index is 1.68. The van der Waals surface area contributed by atoms with Gasteiger partial charge >= 0.3 is 0 Å². The first kappa shape index (κ1) is 13.2. The molecule has 0 N–H and O–H groups in total. The first-order valence-electron chi connectivity index (χ1n) is 6.67. The van der Waals surface area contributed by atoms with Gasteiger partial charge in [0, 0.05) is 5.56 Å². The highest BCUT2D eigenvalue weighted by Gasteiger charge is 2.04. The molecule has 0 radical (unpaired) electrons. The summed E-state index contributed by atoms with van der Waals surface area (Å²) in [6.07, 6.45) is 0.695. The molecule has 1 heterocycles. The Kier molecular flexibility index (Phi) is 3.83. The fourth-order valence-electron chi connectivity index (χ4n) is 2.03. The summed E-state index contributed by atoms with van der Waals surface area (Å²) >= 11 is 0. The van der Waals surface area contributed by atoms with Gasteiger partial charge in [-0.3, -0.25) is 4.79 Å². The summed E-state index contributed by atoms with van der Waals surface area (Å²) in [6.45, 7) is 0.538. The minimum atomic E-state index is 0.328. The topological polar surface area (TPSA) is 39.4 Å². The normalized spacial score (nSPS) is 10.3. The molecule has 0 saturated carbocycles. The molecule has 0 aliphatic heterocycles. The zero-order chi connectivity index (χ0) is 14.5. The zero-order valence-corrected chi connectivity index (χ0v) is 11.4. The van der Waals surface area contributed by atoms with E-state index in [1.807, 2.05) is 54.6 Å². The number of furan rings is 1. The summed E-state index contributed by atoms with van der Waals surface area (Å²) in [5.41, 5.74) is 2.04. The lowest BCUT2D eigenvalue weighted by molar-refractivity contribution is 0.110. The van der Waals surface area contributed by atoms with Crippen molar-refractivity contribution in [1.29, 1.82) is 0 Å². The number of carbonyl (C=O) groups excluding carboxylic acids is 1. The zero-order valence-electron chi connectivity index (χ0n) is 11.4. The largest absolute Gasteiger partial charge is 0.489 e. The molecule has 0 fully saturated rings. The number of ether oxygens (including phenoxy) is 1. The second-order valence-electron chi connectivity index (χ2n) is 4.62.